The first-order valence-electron chi connectivity index (χ1n) is 6.19. The number of aliphatic hydroxyl groups is 1. The normalized spacial score (nSPS) is 16.0. The van der Waals surface area contributed by atoms with Crippen LogP contribution >= 0.6 is 0 Å². The molecule has 0 aliphatic rings. The van der Waals surface area contributed by atoms with Gasteiger partial charge in [0.25, 0.3) is 0 Å². The van der Waals surface area contributed by atoms with Crippen molar-refractivity contribution in [3.63, 3.8) is 0 Å². The molecule has 2 atom stereocenters. The fraction of sp³-hybridized carbons (Fsp3) is 0.615. The smallest absolute Gasteiger partial charge is 0.237 e. The molecule has 0 saturated heterocycles. The van der Waals surface area contributed by atoms with E-state index in [4.69, 9.17) is 4.42 Å². The summed E-state index contributed by atoms with van der Waals surface area (Å²) in [5, 5.41) is 15.2. The molecule has 5 nitrogen and oxygen atoms in total. The fourth-order valence-electron chi connectivity index (χ4n) is 1.59. The SMILES string of the molecule is CCC(C)(CO)NC(C)C(=O)NCc1ccco1. The zero-order valence-electron chi connectivity index (χ0n) is 11.2. The molecule has 0 radical (unpaired) electrons. The minimum Gasteiger partial charge on any atom is -0.467 e. The molecule has 2 unspecified atom stereocenters. The highest BCUT2D eigenvalue weighted by Gasteiger charge is 2.25. The van der Waals surface area contributed by atoms with E-state index in [9.17, 15) is 9.90 Å². The predicted octanol–water partition coefficient (Wildman–Crippen LogP) is 1.03. The number of carbonyl (C=O) groups is 1. The van der Waals surface area contributed by atoms with Crippen LogP contribution in [0.15, 0.2) is 22.8 Å². The van der Waals surface area contributed by atoms with Crippen LogP contribution < -0.4 is 10.6 Å². The van der Waals surface area contributed by atoms with E-state index in [1.54, 1.807) is 19.3 Å². The number of carbonyl (C=O) groups excluding carboxylic acids is 1. The molecular formula is C13H22N2O3. The largest absolute Gasteiger partial charge is 0.467 e. The van der Waals surface area contributed by atoms with Crippen molar-refractivity contribution in [1.29, 1.82) is 0 Å². The van der Waals surface area contributed by atoms with Gasteiger partial charge in [0.1, 0.15) is 5.76 Å². The van der Waals surface area contributed by atoms with Crippen LogP contribution in [0.5, 0.6) is 0 Å². The minimum atomic E-state index is -0.429. The Balaban J connectivity index is 2.41. The molecule has 3 N–H and O–H groups in total. The summed E-state index contributed by atoms with van der Waals surface area (Å²) < 4.78 is 5.13. The molecule has 1 amide bonds. The Morgan fingerprint density at radius 1 is 1.61 bits per heavy atom. The Kier molecular flexibility index (Phi) is 5.37. The van der Waals surface area contributed by atoms with Crippen LogP contribution in [0.4, 0.5) is 0 Å². The third-order valence-corrected chi connectivity index (χ3v) is 3.10. The Bertz CT molecular complexity index is 358. The van der Waals surface area contributed by atoms with Crippen LogP contribution in [0.2, 0.25) is 0 Å². The van der Waals surface area contributed by atoms with E-state index in [1.165, 1.54) is 0 Å². The number of nitrogens with one attached hydrogen (secondary N) is 2. The highest BCUT2D eigenvalue weighted by Crippen LogP contribution is 2.09. The van der Waals surface area contributed by atoms with Crippen molar-refractivity contribution >= 4 is 5.91 Å². The standard InChI is InChI=1S/C13H22N2O3/c1-4-13(3,9-16)15-10(2)12(17)14-8-11-6-5-7-18-11/h5-7,10,15-16H,4,8-9H2,1-3H3,(H,14,17). The summed E-state index contributed by atoms with van der Waals surface area (Å²) in [6.07, 6.45) is 2.32. The monoisotopic (exact) mass is 254 g/mol. The first kappa shape index (κ1) is 14.7. The van der Waals surface area contributed by atoms with E-state index in [-0.39, 0.29) is 18.6 Å². The van der Waals surface area contributed by atoms with Gasteiger partial charge in [0, 0.05) is 5.54 Å². The van der Waals surface area contributed by atoms with Crippen LogP contribution in [0.1, 0.15) is 33.0 Å². The van der Waals surface area contributed by atoms with E-state index in [2.05, 4.69) is 10.6 Å². The molecule has 1 aromatic heterocycles. The van der Waals surface area contributed by atoms with Gasteiger partial charge in [-0.25, -0.2) is 0 Å². The molecular weight excluding hydrogens is 232 g/mol. The first-order valence-corrected chi connectivity index (χ1v) is 6.19. The van der Waals surface area contributed by atoms with Gasteiger partial charge in [-0.1, -0.05) is 6.92 Å². The molecule has 0 aliphatic carbocycles. The third-order valence-electron chi connectivity index (χ3n) is 3.10. The maximum Gasteiger partial charge on any atom is 0.237 e. The molecule has 5 heteroatoms. The lowest BCUT2D eigenvalue weighted by molar-refractivity contribution is -0.123. The number of hydrogen-bond donors (Lipinski definition) is 3. The fourth-order valence-corrected chi connectivity index (χ4v) is 1.59. The molecule has 1 heterocycles. The van der Waals surface area contributed by atoms with Crippen molar-refractivity contribution in [1.82, 2.24) is 10.6 Å². The van der Waals surface area contributed by atoms with Gasteiger partial charge in [-0.15, -0.1) is 0 Å². The van der Waals surface area contributed by atoms with Gasteiger partial charge in [0.05, 0.1) is 25.5 Å². The number of aliphatic hydroxyl groups excluding tert-OH is 1. The second kappa shape index (κ2) is 6.56. The van der Waals surface area contributed by atoms with Crippen molar-refractivity contribution < 1.29 is 14.3 Å². The molecule has 1 rings (SSSR count). The Morgan fingerprint density at radius 2 is 2.33 bits per heavy atom. The maximum atomic E-state index is 11.9. The lowest BCUT2D eigenvalue weighted by atomic mass is 9.99. The highest BCUT2D eigenvalue weighted by molar-refractivity contribution is 5.81. The summed E-state index contributed by atoms with van der Waals surface area (Å²) in [7, 11) is 0. The number of furan rings is 1. The van der Waals surface area contributed by atoms with Crippen molar-refractivity contribution in [3.8, 4) is 0 Å². The summed E-state index contributed by atoms with van der Waals surface area (Å²) in [6, 6.07) is 3.22. The molecule has 0 aliphatic heterocycles. The average molecular weight is 254 g/mol. The van der Waals surface area contributed by atoms with Gasteiger partial charge >= 0.3 is 0 Å². The highest BCUT2D eigenvalue weighted by atomic mass is 16.3. The minimum absolute atomic E-state index is 0.000691. The lowest BCUT2D eigenvalue weighted by Crippen LogP contribution is -2.54. The Labute approximate surface area is 108 Å². The number of hydrogen-bond acceptors (Lipinski definition) is 4. The topological polar surface area (TPSA) is 74.5 Å². The molecule has 0 spiro atoms. The number of amides is 1. The molecule has 0 bridgehead atoms. The number of rotatable bonds is 7. The Hall–Kier alpha value is -1.33. The van der Waals surface area contributed by atoms with Gasteiger partial charge in [-0.3, -0.25) is 10.1 Å². The second-order valence-electron chi connectivity index (χ2n) is 4.74. The van der Waals surface area contributed by atoms with Gasteiger partial charge in [0.2, 0.25) is 5.91 Å². The molecule has 0 fully saturated rings. The first-order chi connectivity index (χ1) is 8.50. The van der Waals surface area contributed by atoms with Crippen molar-refractivity contribution in [2.45, 2.75) is 45.3 Å². The van der Waals surface area contributed by atoms with Crippen molar-refractivity contribution in [2.75, 3.05) is 6.61 Å². The average Bonchev–Trinajstić information content (AvgIpc) is 2.88. The van der Waals surface area contributed by atoms with Gasteiger partial charge < -0.3 is 14.8 Å². The van der Waals surface area contributed by atoms with Crippen LogP contribution in [0.25, 0.3) is 0 Å². The zero-order valence-corrected chi connectivity index (χ0v) is 11.2. The lowest BCUT2D eigenvalue weighted by Gasteiger charge is -2.30. The van der Waals surface area contributed by atoms with Crippen LogP contribution in [0.3, 0.4) is 0 Å². The summed E-state index contributed by atoms with van der Waals surface area (Å²) in [5.74, 6) is 0.607. The Morgan fingerprint density at radius 3 is 2.83 bits per heavy atom. The maximum absolute atomic E-state index is 11.9. The summed E-state index contributed by atoms with van der Waals surface area (Å²) in [6.45, 7) is 6.01. The summed E-state index contributed by atoms with van der Waals surface area (Å²) in [4.78, 5) is 11.9. The molecule has 0 saturated carbocycles. The van der Waals surface area contributed by atoms with E-state index in [0.717, 1.165) is 12.2 Å². The quantitative estimate of drug-likeness (QED) is 0.679. The van der Waals surface area contributed by atoms with Gasteiger partial charge in [0.15, 0.2) is 0 Å². The van der Waals surface area contributed by atoms with Gasteiger partial charge in [-0.05, 0) is 32.4 Å². The molecule has 0 aromatic carbocycles. The zero-order chi connectivity index (χ0) is 13.6. The molecule has 102 valence electrons. The summed E-state index contributed by atoms with van der Waals surface area (Å²) in [5.41, 5.74) is -0.429. The van der Waals surface area contributed by atoms with Gasteiger partial charge in [-0.2, -0.15) is 0 Å². The van der Waals surface area contributed by atoms with Crippen molar-refractivity contribution in [2.24, 2.45) is 0 Å². The van der Waals surface area contributed by atoms with E-state index < -0.39 is 5.54 Å². The molecule has 1 aromatic rings. The second-order valence-corrected chi connectivity index (χ2v) is 4.74. The van der Waals surface area contributed by atoms with E-state index in [0.29, 0.717) is 6.54 Å². The molecule has 18 heavy (non-hydrogen) atoms. The predicted molar refractivity (Wildman–Crippen MR) is 68.9 cm³/mol. The van der Waals surface area contributed by atoms with Crippen LogP contribution in [0, 0.1) is 0 Å². The van der Waals surface area contributed by atoms with E-state index >= 15 is 0 Å². The van der Waals surface area contributed by atoms with Crippen molar-refractivity contribution in [3.05, 3.63) is 24.2 Å². The third kappa shape index (κ3) is 4.16. The van der Waals surface area contributed by atoms with Crippen LogP contribution in [-0.4, -0.2) is 29.2 Å². The van der Waals surface area contributed by atoms with Crippen LogP contribution in [-0.2, 0) is 11.3 Å². The summed E-state index contributed by atoms with van der Waals surface area (Å²) >= 11 is 0. The van der Waals surface area contributed by atoms with E-state index in [1.807, 2.05) is 19.9 Å².